The van der Waals surface area contributed by atoms with Crippen molar-refractivity contribution in [1.82, 2.24) is 20.4 Å². The quantitative estimate of drug-likeness (QED) is 0.881. The standard InChI is InChI=1S/C18H22N4O2S/c1-11-8-12(11)16(23)20-18(2)5-6-22(10-18)17(24)13-9-19-21-15(13)14-4-3-7-25-14/h3-4,7,9,11-12H,5-6,8,10H2,1-2H3,(H,19,21)(H,20,23)/t11-,12-,18?/m0/s1. The maximum atomic E-state index is 13.0. The molecule has 6 nitrogen and oxygen atoms in total. The molecule has 3 atom stereocenters. The van der Waals surface area contributed by atoms with Crippen LogP contribution in [-0.4, -0.2) is 45.5 Å². The number of likely N-dealkylation sites (tertiary alicyclic amines) is 1. The number of carbonyl (C=O) groups excluding carboxylic acids is 2. The summed E-state index contributed by atoms with van der Waals surface area (Å²) in [6, 6.07) is 3.93. The first-order valence-corrected chi connectivity index (χ1v) is 9.53. The van der Waals surface area contributed by atoms with Gasteiger partial charge in [0.05, 0.1) is 27.9 Å². The molecule has 2 aliphatic rings. The van der Waals surface area contributed by atoms with E-state index in [1.807, 2.05) is 29.3 Å². The molecule has 0 spiro atoms. The van der Waals surface area contributed by atoms with Gasteiger partial charge in [-0.25, -0.2) is 0 Å². The van der Waals surface area contributed by atoms with Crippen LogP contribution in [0.1, 0.15) is 37.0 Å². The zero-order chi connectivity index (χ0) is 17.6. The average molecular weight is 358 g/mol. The van der Waals surface area contributed by atoms with E-state index in [9.17, 15) is 9.59 Å². The highest BCUT2D eigenvalue weighted by molar-refractivity contribution is 7.13. The summed E-state index contributed by atoms with van der Waals surface area (Å²) in [6.07, 6.45) is 3.35. The Kier molecular flexibility index (Phi) is 3.91. The highest BCUT2D eigenvalue weighted by atomic mass is 32.1. The Morgan fingerprint density at radius 1 is 1.48 bits per heavy atom. The number of hydrogen-bond acceptors (Lipinski definition) is 4. The van der Waals surface area contributed by atoms with E-state index in [1.165, 1.54) is 0 Å². The fourth-order valence-electron chi connectivity index (χ4n) is 3.54. The zero-order valence-electron chi connectivity index (χ0n) is 14.4. The highest BCUT2D eigenvalue weighted by Crippen LogP contribution is 2.38. The second-order valence-corrected chi connectivity index (χ2v) is 8.43. The second-order valence-electron chi connectivity index (χ2n) is 7.48. The van der Waals surface area contributed by atoms with Gasteiger partial charge in [-0.3, -0.25) is 14.7 Å². The fraction of sp³-hybridized carbons (Fsp3) is 0.500. The molecule has 3 heterocycles. The number of aromatic amines is 1. The number of thiophene rings is 1. The van der Waals surface area contributed by atoms with E-state index in [2.05, 4.69) is 22.4 Å². The third-order valence-electron chi connectivity index (χ3n) is 5.27. The molecule has 2 amide bonds. The molecule has 1 aliphatic heterocycles. The smallest absolute Gasteiger partial charge is 0.257 e. The van der Waals surface area contributed by atoms with Crippen molar-refractivity contribution in [2.75, 3.05) is 13.1 Å². The van der Waals surface area contributed by atoms with Crippen molar-refractivity contribution >= 4 is 23.2 Å². The number of nitrogens with zero attached hydrogens (tertiary/aromatic N) is 2. The molecule has 2 aromatic rings. The van der Waals surface area contributed by atoms with Gasteiger partial charge in [-0.15, -0.1) is 11.3 Å². The maximum absolute atomic E-state index is 13.0. The average Bonchev–Trinajstić information content (AvgIpc) is 3.03. The second kappa shape index (κ2) is 5.98. The molecule has 0 radical (unpaired) electrons. The van der Waals surface area contributed by atoms with E-state index >= 15 is 0 Å². The normalized spacial score (nSPS) is 28.2. The minimum Gasteiger partial charge on any atom is -0.349 e. The van der Waals surface area contributed by atoms with Crippen LogP contribution in [-0.2, 0) is 4.79 Å². The number of rotatable bonds is 4. The van der Waals surface area contributed by atoms with Crippen LogP contribution in [0.15, 0.2) is 23.7 Å². The summed E-state index contributed by atoms with van der Waals surface area (Å²) in [6.45, 7) is 5.31. The number of aromatic nitrogens is 2. The van der Waals surface area contributed by atoms with Crippen molar-refractivity contribution in [2.24, 2.45) is 11.8 Å². The van der Waals surface area contributed by atoms with Gasteiger partial charge in [-0.1, -0.05) is 13.0 Å². The number of H-pyrrole nitrogens is 1. The molecule has 2 fully saturated rings. The Morgan fingerprint density at radius 2 is 2.28 bits per heavy atom. The van der Waals surface area contributed by atoms with Gasteiger partial charge in [0, 0.05) is 19.0 Å². The van der Waals surface area contributed by atoms with Crippen LogP contribution < -0.4 is 5.32 Å². The molecule has 1 unspecified atom stereocenters. The lowest BCUT2D eigenvalue weighted by molar-refractivity contribution is -0.124. The van der Waals surface area contributed by atoms with Gasteiger partial charge in [-0.05, 0) is 37.1 Å². The van der Waals surface area contributed by atoms with Crippen molar-refractivity contribution in [3.05, 3.63) is 29.3 Å². The molecule has 1 saturated carbocycles. The summed E-state index contributed by atoms with van der Waals surface area (Å²) < 4.78 is 0. The molecule has 4 rings (SSSR count). The van der Waals surface area contributed by atoms with Crippen molar-refractivity contribution in [1.29, 1.82) is 0 Å². The monoisotopic (exact) mass is 358 g/mol. The van der Waals surface area contributed by atoms with Crippen molar-refractivity contribution in [2.45, 2.75) is 32.2 Å². The summed E-state index contributed by atoms with van der Waals surface area (Å²) in [5, 5.41) is 12.1. The first kappa shape index (κ1) is 16.3. The third-order valence-corrected chi connectivity index (χ3v) is 6.16. The van der Waals surface area contributed by atoms with Crippen LogP contribution in [0, 0.1) is 11.8 Å². The van der Waals surface area contributed by atoms with Gasteiger partial charge in [0.25, 0.3) is 5.91 Å². The summed E-state index contributed by atoms with van der Waals surface area (Å²) >= 11 is 1.57. The van der Waals surface area contributed by atoms with Crippen LogP contribution in [0.5, 0.6) is 0 Å². The SMILES string of the molecule is C[C@H]1C[C@@H]1C(=O)NC1(C)CCN(C(=O)c2cn[nH]c2-c2cccs2)C1. The molecule has 1 aliphatic carbocycles. The Balaban J connectivity index is 1.46. The van der Waals surface area contributed by atoms with E-state index in [0.717, 1.165) is 23.4 Å². The van der Waals surface area contributed by atoms with Crippen LogP contribution in [0.4, 0.5) is 0 Å². The summed E-state index contributed by atoms with van der Waals surface area (Å²) in [5.74, 6) is 0.740. The first-order valence-electron chi connectivity index (χ1n) is 8.65. The highest BCUT2D eigenvalue weighted by Gasteiger charge is 2.44. The lowest BCUT2D eigenvalue weighted by Gasteiger charge is -2.26. The molecular weight excluding hydrogens is 336 g/mol. The molecule has 1 saturated heterocycles. The predicted molar refractivity (Wildman–Crippen MR) is 96.2 cm³/mol. The first-order chi connectivity index (χ1) is 12.0. The molecule has 0 bridgehead atoms. The lowest BCUT2D eigenvalue weighted by Crippen LogP contribution is -2.49. The summed E-state index contributed by atoms with van der Waals surface area (Å²) in [4.78, 5) is 28.0. The van der Waals surface area contributed by atoms with Crippen molar-refractivity contribution < 1.29 is 9.59 Å². The topological polar surface area (TPSA) is 78.1 Å². The maximum Gasteiger partial charge on any atom is 0.257 e. The van der Waals surface area contributed by atoms with Crippen molar-refractivity contribution in [3.8, 4) is 10.6 Å². The van der Waals surface area contributed by atoms with Gasteiger partial charge in [-0.2, -0.15) is 5.10 Å². The van der Waals surface area contributed by atoms with Crippen molar-refractivity contribution in [3.63, 3.8) is 0 Å². The minimum absolute atomic E-state index is 0.0325. The van der Waals surface area contributed by atoms with Gasteiger partial charge >= 0.3 is 0 Å². The molecule has 132 valence electrons. The predicted octanol–water partition coefficient (Wildman–Crippen LogP) is 2.52. The van der Waals surface area contributed by atoms with Crippen LogP contribution in [0.25, 0.3) is 10.6 Å². The zero-order valence-corrected chi connectivity index (χ0v) is 15.2. The lowest BCUT2D eigenvalue weighted by atomic mass is 10.0. The third kappa shape index (κ3) is 3.08. The van der Waals surface area contributed by atoms with E-state index in [0.29, 0.717) is 24.6 Å². The molecule has 7 heteroatoms. The number of amides is 2. The molecular formula is C18H22N4O2S. The fourth-order valence-corrected chi connectivity index (χ4v) is 4.28. The van der Waals surface area contributed by atoms with E-state index in [1.54, 1.807) is 17.5 Å². The van der Waals surface area contributed by atoms with Crippen LogP contribution in [0.2, 0.25) is 0 Å². The van der Waals surface area contributed by atoms with E-state index in [4.69, 9.17) is 0 Å². The van der Waals surface area contributed by atoms with Gasteiger partial charge in [0.15, 0.2) is 0 Å². The largest absolute Gasteiger partial charge is 0.349 e. The van der Waals surface area contributed by atoms with Gasteiger partial charge in [0.2, 0.25) is 5.91 Å². The molecule has 2 aromatic heterocycles. The Morgan fingerprint density at radius 3 is 2.96 bits per heavy atom. The Hall–Kier alpha value is -2.15. The minimum atomic E-state index is -0.345. The van der Waals surface area contributed by atoms with Crippen LogP contribution >= 0.6 is 11.3 Å². The van der Waals surface area contributed by atoms with E-state index < -0.39 is 0 Å². The van der Waals surface area contributed by atoms with Crippen LogP contribution in [0.3, 0.4) is 0 Å². The molecule has 2 N–H and O–H groups in total. The number of hydrogen-bond donors (Lipinski definition) is 2. The Bertz CT molecular complexity index is 800. The Labute approximate surface area is 150 Å². The van der Waals surface area contributed by atoms with E-state index in [-0.39, 0.29) is 23.3 Å². The summed E-state index contributed by atoms with van der Waals surface area (Å²) in [7, 11) is 0. The number of nitrogens with one attached hydrogen (secondary N) is 2. The molecule has 25 heavy (non-hydrogen) atoms. The van der Waals surface area contributed by atoms with Gasteiger partial charge < -0.3 is 10.2 Å². The molecule has 0 aromatic carbocycles. The summed E-state index contributed by atoms with van der Waals surface area (Å²) in [5.41, 5.74) is 1.01. The van der Waals surface area contributed by atoms with Gasteiger partial charge in [0.1, 0.15) is 0 Å². The number of carbonyl (C=O) groups is 2.